The number of sulfonamides is 1. The van der Waals surface area contributed by atoms with E-state index in [-0.39, 0.29) is 6.04 Å². The van der Waals surface area contributed by atoms with Gasteiger partial charge in [0, 0.05) is 25.3 Å². The molecule has 1 heterocycles. The number of hydrogen-bond acceptors (Lipinski definition) is 4. The maximum absolute atomic E-state index is 11.4. The Labute approximate surface area is 133 Å². The highest BCUT2D eigenvalue weighted by molar-refractivity contribution is 7.88. The molecule has 2 N–H and O–H groups in total. The Kier molecular flexibility index (Phi) is 5.80. The molecule has 1 fully saturated rings. The van der Waals surface area contributed by atoms with Gasteiger partial charge < -0.3 is 14.5 Å². The van der Waals surface area contributed by atoms with Gasteiger partial charge in [0.05, 0.1) is 26.0 Å². The quantitative estimate of drug-likeness (QED) is 0.722. The number of nitrogens with zero attached hydrogens (tertiary/aromatic N) is 1. The van der Waals surface area contributed by atoms with Crippen LogP contribution in [0.3, 0.4) is 0 Å². The summed E-state index contributed by atoms with van der Waals surface area (Å²) in [4.78, 5) is 3.41. The summed E-state index contributed by atoms with van der Waals surface area (Å²) in [5.74, 6) is 0. The molecule has 1 aliphatic heterocycles. The summed E-state index contributed by atoms with van der Waals surface area (Å²) in [5, 5.41) is 0. The van der Waals surface area contributed by atoms with Crippen LogP contribution < -0.4 is 14.5 Å². The molecule has 124 valence electrons. The van der Waals surface area contributed by atoms with Gasteiger partial charge in [0.25, 0.3) is 0 Å². The van der Waals surface area contributed by atoms with E-state index in [1.807, 2.05) is 14.1 Å². The zero-order valence-corrected chi connectivity index (χ0v) is 14.3. The second-order valence-electron chi connectivity index (χ2n) is 5.93. The summed E-state index contributed by atoms with van der Waals surface area (Å²) in [6, 6.07) is 8.43. The standard InChI is InChI=1S/C15H25N3O3S/c1-17(2)14-6-4-13(5-7-14)15(12-16-22(3,19)20)18-8-10-21-11-9-18/h4-7,15-16H,8-12H2,1-3H3/p+1/t15-/m1/s1. The average molecular weight is 328 g/mol. The number of ether oxygens (including phenoxy) is 1. The van der Waals surface area contributed by atoms with Crippen LogP contribution in [0.1, 0.15) is 11.6 Å². The highest BCUT2D eigenvalue weighted by Gasteiger charge is 2.27. The molecule has 1 aromatic rings. The summed E-state index contributed by atoms with van der Waals surface area (Å²) in [5.41, 5.74) is 2.29. The maximum Gasteiger partial charge on any atom is 0.208 e. The molecule has 7 heteroatoms. The van der Waals surface area contributed by atoms with E-state index in [0.29, 0.717) is 6.54 Å². The highest BCUT2D eigenvalue weighted by Crippen LogP contribution is 2.16. The van der Waals surface area contributed by atoms with Gasteiger partial charge in [0.15, 0.2) is 0 Å². The van der Waals surface area contributed by atoms with Crippen LogP contribution in [0.5, 0.6) is 0 Å². The van der Waals surface area contributed by atoms with Crippen LogP contribution in [0.2, 0.25) is 0 Å². The van der Waals surface area contributed by atoms with Gasteiger partial charge >= 0.3 is 0 Å². The largest absolute Gasteiger partial charge is 0.378 e. The topological polar surface area (TPSA) is 63.1 Å². The zero-order chi connectivity index (χ0) is 16.2. The molecule has 0 spiro atoms. The van der Waals surface area contributed by atoms with Crippen LogP contribution in [0.25, 0.3) is 0 Å². The van der Waals surface area contributed by atoms with E-state index in [0.717, 1.165) is 37.6 Å². The third-order valence-corrected chi connectivity index (χ3v) is 4.68. The molecule has 0 radical (unpaired) electrons. The molecule has 6 nitrogen and oxygen atoms in total. The highest BCUT2D eigenvalue weighted by atomic mass is 32.2. The lowest BCUT2D eigenvalue weighted by atomic mass is 10.0. The number of nitrogens with one attached hydrogen (secondary N) is 2. The van der Waals surface area contributed by atoms with E-state index in [9.17, 15) is 8.42 Å². The van der Waals surface area contributed by atoms with Gasteiger partial charge in [-0.25, -0.2) is 13.1 Å². The van der Waals surface area contributed by atoms with Gasteiger partial charge in [-0.15, -0.1) is 0 Å². The molecule has 1 aromatic carbocycles. The lowest BCUT2D eigenvalue weighted by molar-refractivity contribution is -0.937. The van der Waals surface area contributed by atoms with Crippen molar-refractivity contribution in [2.24, 2.45) is 0 Å². The fraction of sp³-hybridized carbons (Fsp3) is 0.600. The Morgan fingerprint density at radius 1 is 1.23 bits per heavy atom. The molecule has 0 saturated carbocycles. The van der Waals surface area contributed by atoms with Crippen molar-refractivity contribution in [3.8, 4) is 0 Å². The summed E-state index contributed by atoms with van der Waals surface area (Å²) >= 11 is 0. The average Bonchev–Trinajstić information content (AvgIpc) is 2.48. The van der Waals surface area contributed by atoms with E-state index in [1.54, 1.807) is 0 Å². The maximum atomic E-state index is 11.4. The molecule has 0 unspecified atom stereocenters. The van der Waals surface area contributed by atoms with Gasteiger partial charge in [-0.1, -0.05) is 12.1 Å². The van der Waals surface area contributed by atoms with Crippen LogP contribution in [0.15, 0.2) is 24.3 Å². The lowest BCUT2D eigenvalue weighted by Gasteiger charge is -2.32. The molecule has 0 aromatic heterocycles. The van der Waals surface area contributed by atoms with Crippen molar-refractivity contribution in [3.63, 3.8) is 0 Å². The van der Waals surface area contributed by atoms with Gasteiger partial charge in [-0.3, -0.25) is 0 Å². The lowest BCUT2D eigenvalue weighted by Crippen LogP contribution is -3.15. The number of hydrogen-bond donors (Lipinski definition) is 2. The van der Waals surface area contributed by atoms with Gasteiger partial charge in [0.2, 0.25) is 10.0 Å². The number of benzene rings is 1. The summed E-state index contributed by atoms with van der Waals surface area (Å²) in [7, 11) is 0.820. The Morgan fingerprint density at radius 3 is 2.32 bits per heavy atom. The molecule has 22 heavy (non-hydrogen) atoms. The minimum Gasteiger partial charge on any atom is -0.378 e. The molecule has 0 amide bonds. The molecular weight excluding hydrogens is 302 g/mol. The molecule has 1 atom stereocenters. The van der Waals surface area contributed by atoms with Crippen LogP contribution in [-0.4, -0.2) is 61.6 Å². The normalized spacial score (nSPS) is 18.1. The first kappa shape index (κ1) is 17.2. The smallest absolute Gasteiger partial charge is 0.208 e. The molecular formula is C15H26N3O3S+. The fourth-order valence-corrected chi connectivity index (χ4v) is 3.19. The van der Waals surface area contributed by atoms with Crippen molar-refractivity contribution in [2.75, 3.05) is 58.1 Å². The van der Waals surface area contributed by atoms with Crippen molar-refractivity contribution in [1.82, 2.24) is 4.72 Å². The van der Waals surface area contributed by atoms with E-state index in [2.05, 4.69) is 33.9 Å². The number of morpholine rings is 1. The van der Waals surface area contributed by atoms with E-state index < -0.39 is 10.0 Å². The predicted molar refractivity (Wildman–Crippen MR) is 87.9 cm³/mol. The first-order chi connectivity index (χ1) is 10.4. The fourth-order valence-electron chi connectivity index (χ4n) is 2.72. The van der Waals surface area contributed by atoms with Crippen molar-refractivity contribution in [2.45, 2.75) is 6.04 Å². The van der Waals surface area contributed by atoms with Crippen LogP contribution in [0, 0.1) is 0 Å². The number of quaternary nitrogens is 1. The van der Waals surface area contributed by atoms with Crippen LogP contribution in [-0.2, 0) is 14.8 Å². The monoisotopic (exact) mass is 328 g/mol. The van der Waals surface area contributed by atoms with Gasteiger partial charge in [-0.05, 0) is 12.1 Å². The molecule has 1 aliphatic rings. The molecule has 0 bridgehead atoms. The van der Waals surface area contributed by atoms with Gasteiger partial charge in [0.1, 0.15) is 19.1 Å². The second-order valence-corrected chi connectivity index (χ2v) is 7.76. The summed E-state index contributed by atoms with van der Waals surface area (Å²) < 4.78 is 31.0. The first-order valence-corrected chi connectivity index (χ1v) is 9.40. The third kappa shape index (κ3) is 4.95. The number of rotatable bonds is 6. The minimum atomic E-state index is -3.19. The van der Waals surface area contributed by atoms with Gasteiger partial charge in [-0.2, -0.15) is 0 Å². The minimum absolute atomic E-state index is 0.106. The molecule has 2 rings (SSSR count). The van der Waals surface area contributed by atoms with Crippen molar-refractivity contribution in [3.05, 3.63) is 29.8 Å². The zero-order valence-electron chi connectivity index (χ0n) is 13.5. The van der Waals surface area contributed by atoms with Crippen LogP contribution in [0.4, 0.5) is 5.69 Å². The Balaban J connectivity index is 2.18. The second kappa shape index (κ2) is 7.41. The van der Waals surface area contributed by atoms with Crippen molar-refractivity contribution >= 4 is 15.7 Å². The third-order valence-electron chi connectivity index (χ3n) is 3.99. The SMILES string of the molecule is CN(C)c1ccc([C@@H](CNS(C)(=O)=O)[NH+]2CCOCC2)cc1. The van der Waals surface area contributed by atoms with Crippen molar-refractivity contribution in [1.29, 1.82) is 0 Å². The Bertz CT molecular complexity index is 566. The Hall–Kier alpha value is -1.15. The first-order valence-electron chi connectivity index (χ1n) is 7.51. The van der Waals surface area contributed by atoms with E-state index in [4.69, 9.17) is 4.74 Å². The van der Waals surface area contributed by atoms with Crippen LogP contribution >= 0.6 is 0 Å². The Morgan fingerprint density at radius 2 is 1.82 bits per heavy atom. The van der Waals surface area contributed by atoms with E-state index >= 15 is 0 Å². The number of anilines is 1. The molecule has 0 aliphatic carbocycles. The summed E-state index contributed by atoms with van der Waals surface area (Å²) in [6.07, 6.45) is 1.20. The summed E-state index contributed by atoms with van der Waals surface area (Å²) in [6.45, 7) is 3.65. The van der Waals surface area contributed by atoms with Crippen molar-refractivity contribution < 1.29 is 18.1 Å². The predicted octanol–water partition coefficient (Wildman–Crippen LogP) is -0.742. The van der Waals surface area contributed by atoms with E-state index in [1.165, 1.54) is 11.2 Å². The molecule has 1 saturated heterocycles.